The molecule has 0 spiro atoms. The first-order valence-corrected chi connectivity index (χ1v) is 8.97. The van der Waals surface area contributed by atoms with E-state index >= 15 is 0 Å². The molecule has 30 heavy (non-hydrogen) atoms. The molecule has 0 aliphatic heterocycles. The highest BCUT2D eigenvalue weighted by molar-refractivity contribution is 6.25. The van der Waals surface area contributed by atoms with Gasteiger partial charge < -0.3 is 29.5 Å². The highest BCUT2D eigenvalue weighted by atomic mass is 16.6. The standard InChI is InChI=1S/2C10H14NO.C2H2O4/c2*1-9(12-11)7-8-10-5-3-2-4-6-10;3-1(4)2(5)6/h2*2-7H,8H2,1,11H3;(H,3,4)(H,5,6)/q2*+1;/p-2. The van der Waals surface area contributed by atoms with Crippen molar-refractivity contribution in [1.29, 1.82) is 0 Å². The fourth-order valence-electron chi connectivity index (χ4n) is 1.87. The lowest BCUT2D eigenvalue weighted by atomic mass is 10.1. The van der Waals surface area contributed by atoms with Gasteiger partial charge in [-0.15, -0.1) is 0 Å². The van der Waals surface area contributed by atoms with Crippen molar-refractivity contribution in [2.45, 2.75) is 26.7 Å². The first kappa shape index (κ1) is 26.4. The zero-order valence-corrected chi connectivity index (χ0v) is 17.2. The Labute approximate surface area is 175 Å². The van der Waals surface area contributed by atoms with Crippen LogP contribution >= 0.6 is 0 Å². The second-order valence-electron chi connectivity index (χ2n) is 5.87. The molecule has 0 saturated carbocycles. The molecule has 0 fully saturated rings. The molecular weight excluding hydrogens is 388 g/mol. The summed E-state index contributed by atoms with van der Waals surface area (Å²) in [6.07, 6.45) is 5.84. The van der Waals surface area contributed by atoms with E-state index in [1.807, 2.05) is 62.4 Å². The number of carboxylic acid groups (broad SMARTS) is 2. The number of rotatable bonds is 6. The Morgan fingerprint density at radius 3 is 1.27 bits per heavy atom. The molecule has 2 aromatic rings. The summed E-state index contributed by atoms with van der Waals surface area (Å²) >= 11 is 0. The molecular formula is C22H28N2O6. The molecule has 2 rings (SSSR count). The molecule has 0 amide bonds. The van der Waals surface area contributed by atoms with Gasteiger partial charge in [-0.1, -0.05) is 60.7 Å². The summed E-state index contributed by atoms with van der Waals surface area (Å²) in [4.78, 5) is 27.4. The number of benzene rings is 2. The van der Waals surface area contributed by atoms with Crippen molar-refractivity contribution in [2.75, 3.05) is 0 Å². The summed E-state index contributed by atoms with van der Waals surface area (Å²) in [7, 11) is 0. The van der Waals surface area contributed by atoms with Crippen LogP contribution in [-0.4, -0.2) is 11.9 Å². The van der Waals surface area contributed by atoms with Crippen LogP contribution in [0.15, 0.2) is 84.3 Å². The summed E-state index contributed by atoms with van der Waals surface area (Å²) < 4.78 is 0. The van der Waals surface area contributed by atoms with E-state index in [1.165, 1.54) is 11.1 Å². The van der Waals surface area contributed by atoms with Crippen molar-refractivity contribution in [3.05, 3.63) is 95.5 Å². The summed E-state index contributed by atoms with van der Waals surface area (Å²) in [5.74, 6) is 4.01. The van der Waals surface area contributed by atoms with Gasteiger partial charge in [0.2, 0.25) is 0 Å². The van der Waals surface area contributed by atoms with Crippen LogP contribution < -0.4 is 22.0 Å². The van der Waals surface area contributed by atoms with Crippen LogP contribution in [0, 0.1) is 0 Å². The molecule has 8 heteroatoms. The zero-order valence-electron chi connectivity index (χ0n) is 17.2. The molecule has 0 bridgehead atoms. The number of carbonyl (C=O) groups is 2. The lowest BCUT2D eigenvalue weighted by Gasteiger charge is -1.97. The SMILES string of the molecule is CC(=CCc1ccccc1)O[NH3+].CC(=CCc1ccccc1)O[NH3+].O=C([O-])C(=O)[O-]. The van der Waals surface area contributed by atoms with Crippen LogP contribution in [0.4, 0.5) is 0 Å². The number of carbonyl (C=O) groups excluding carboxylic acids is 2. The number of allylic oxidation sites excluding steroid dienone is 4. The molecule has 0 radical (unpaired) electrons. The molecule has 0 atom stereocenters. The monoisotopic (exact) mass is 416 g/mol. The first-order valence-electron chi connectivity index (χ1n) is 8.97. The second kappa shape index (κ2) is 16.3. The molecule has 2 aromatic carbocycles. The Hall–Kier alpha value is -3.62. The molecule has 8 nitrogen and oxygen atoms in total. The van der Waals surface area contributed by atoms with E-state index in [4.69, 9.17) is 29.5 Å². The average molecular weight is 416 g/mol. The van der Waals surface area contributed by atoms with Gasteiger partial charge >= 0.3 is 0 Å². The Morgan fingerprint density at radius 2 is 1.03 bits per heavy atom. The van der Waals surface area contributed by atoms with Crippen LogP contribution in [0.1, 0.15) is 25.0 Å². The van der Waals surface area contributed by atoms with Crippen molar-refractivity contribution in [3.8, 4) is 0 Å². The quantitative estimate of drug-likeness (QED) is 0.353. The molecule has 0 unspecified atom stereocenters. The fraction of sp³-hybridized carbons (Fsp3) is 0.182. The van der Waals surface area contributed by atoms with E-state index in [0.717, 1.165) is 24.4 Å². The average Bonchev–Trinajstić information content (AvgIpc) is 2.78. The number of quaternary nitrogens is 2. The largest absolute Gasteiger partial charge is 0.543 e. The van der Waals surface area contributed by atoms with Gasteiger partial charge in [0, 0.05) is 0 Å². The maximum Gasteiger partial charge on any atom is 0.160 e. The molecule has 0 saturated heterocycles. The Kier molecular flexibility index (Phi) is 14.4. The molecule has 0 aliphatic rings. The van der Waals surface area contributed by atoms with Gasteiger partial charge in [-0.05, 0) is 50.0 Å². The number of carboxylic acids is 2. The maximum atomic E-state index is 8.93. The van der Waals surface area contributed by atoms with Crippen molar-refractivity contribution in [3.63, 3.8) is 0 Å². The number of hydrogen-bond acceptors (Lipinski definition) is 6. The third kappa shape index (κ3) is 14.4. The minimum atomic E-state index is -2.19. The van der Waals surface area contributed by atoms with Crippen molar-refractivity contribution in [2.24, 2.45) is 0 Å². The van der Waals surface area contributed by atoms with Gasteiger partial charge in [-0.25, -0.2) is 0 Å². The smallest absolute Gasteiger partial charge is 0.160 e. The summed E-state index contributed by atoms with van der Waals surface area (Å²) in [6.45, 7) is 3.80. The van der Waals surface area contributed by atoms with Crippen LogP contribution in [0.25, 0.3) is 0 Å². The van der Waals surface area contributed by atoms with Crippen LogP contribution in [-0.2, 0) is 32.1 Å². The van der Waals surface area contributed by atoms with E-state index in [0.29, 0.717) is 0 Å². The van der Waals surface area contributed by atoms with Crippen LogP contribution in [0.5, 0.6) is 0 Å². The minimum absolute atomic E-state index is 0.860. The van der Waals surface area contributed by atoms with E-state index in [-0.39, 0.29) is 0 Å². The van der Waals surface area contributed by atoms with Gasteiger partial charge in [-0.2, -0.15) is 11.8 Å². The molecule has 0 aromatic heterocycles. The van der Waals surface area contributed by atoms with Gasteiger partial charge in [0.1, 0.15) is 0 Å². The summed E-state index contributed by atoms with van der Waals surface area (Å²) in [5, 5.41) is 17.9. The van der Waals surface area contributed by atoms with Crippen LogP contribution in [0.2, 0.25) is 0 Å². The van der Waals surface area contributed by atoms with Gasteiger partial charge in [0.25, 0.3) is 0 Å². The van der Waals surface area contributed by atoms with Crippen molar-refractivity contribution in [1.82, 2.24) is 0 Å². The molecule has 0 heterocycles. The lowest BCUT2D eigenvalue weighted by Crippen LogP contribution is -2.47. The topological polar surface area (TPSA) is 154 Å². The Balaban J connectivity index is 0.000000447. The summed E-state index contributed by atoms with van der Waals surface area (Å²) in [5.41, 5.74) is 2.57. The highest BCUT2D eigenvalue weighted by Crippen LogP contribution is 2.03. The molecule has 0 aliphatic carbocycles. The minimum Gasteiger partial charge on any atom is -0.543 e. The number of aliphatic carboxylic acids is 2. The summed E-state index contributed by atoms with van der Waals surface area (Å²) in [6, 6.07) is 20.5. The third-order valence-electron chi connectivity index (χ3n) is 3.56. The third-order valence-corrected chi connectivity index (χ3v) is 3.56. The maximum absolute atomic E-state index is 8.93. The number of hydrogen-bond donors (Lipinski definition) is 2. The predicted octanol–water partition coefficient (Wildman–Crippen LogP) is -0.901. The normalized spacial score (nSPS) is 10.5. The Morgan fingerprint density at radius 1 is 0.733 bits per heavy atom. The molecule has 162 valence electrons. The van der Waals surface area contributed by atoms with Crippen molar-refractivity contribution < 1.29 is 41.3 Å². The van der Waals surface area contributed by atoms with E-state index in [2.05, 4.69) is 36.1 Å². The fourth-order valence-corrected chi connectivity index (χ4v) is 1.87. The first-order chi connectivity index (χ1) is 14.3. The van der Waals surface area contributed by atoms with Gasteiger partial charge in [0.15, 0.2) is 11.5 Å². The second-order valence-corrected chi connectivity index (χ2v) is 5.87. The highest BCUT2D eigenvalue weighted by Gasteiger charge is 1.91. The van der Waals surface area contributed by atoms with Gasteiger partial charge in [0.05, 0.1) is 11.9 Å². The predicted molar refractivity (Wildman–Crippen MR) is 106 cm³/mol. The lowest BCUT2D eigenvalue weighted by molar-refractivity contribution is -0.671. The van der Waals surface area contributed by atoms with Gasteiger partial charge in [-0.3, -0.25) is 0 Å². The zero-order chi connectivity index (χ0) is 22.8. The van der Waals surface area contributed by atoms with E-state index < -0.39 is 11.9 Å². The van der Waals surface area contributed by atoms with Crippen molar-refractivity contribution >= 4 is 11.9 Å². The van der Waals surface area contributed by atoms with Crippen LogP contribution in [0.3, 0.4) is 0 Å². The molecule has 6 N–H and O–H groups in total. The van der Waals surface area contributed by atoms with E-state index in [9.17, 15) is 0 Å². The van der Waals surface area contributed by atoms with E-state index in [1.54, 1.807) is 0 Å². The Bertz CT molecular complexity index is 735.